The van der Waals surface area contributed by atoms with Crippen LogP contribution >= 0.6 is 22.9 Å². The third-order valence-electron chi connectivity index (χ3n) is 6.82. The van der Waals surface area contributed by atoms with Gasteiger partial charge in [-0.3, -0.25) is 18.7 Å². The maximum Gasteiger partial charge on any atom is 0.333 e. The average Bonchev–Trinajstić information content (AvgIpc) is 3.57. The number of hydrogen-bond acceptors (Lipinski definition) is 7. The van der Waals surface area contributed by atoms with Crippen molar-refractivity contribution >= 4 is 55.5 Å². The minimum atomic E-state index is -3.56. The van der Waals surface area contributed by atoms with E-state index in [0.29, 0.717) is 30.9 Å². The molecule has 2 N–H and O–H groups in total. The van der Waals surface area contributed by atoms with Crippen LogP contribution in [-0.4, -0.2) is 39.7 Å². The predicted molar refractivity (Wildman–Crippen MR) is 165 cm³/mol. The van der Waals surface area contributed by atoms with Crippen molar-refractivity contribution in [2.75, 3.05) is 11.6 Å². The zero-order chi connectivity index (χ0) is 30.9. The molecule has 5 aromatic rings. The number of aromatic nitrogens is 4. The Morgan fingerprint density at radius 3 is 2.49 bits per heavy atom. The van der Waals surface area contributed by atoms with Gasteiger partial charge in [0.15, 0.2) is 15.5 Å². The molecule has 14 heteroatoms. The number of H-pyrrole nitrogens is 1. The van der Waals surface area contributed by atoms with Crippen molar-refractivity contribution in [1.82, 2.24) is 19.1 Å². The molecule has 0 bridgehead atoms. The van der Waals surface area contributed by atoms with Gasteiger partial charge in [0.05, 0.1) is 16.5 Å². The van der Waals surface area contributed by atoms with E-state index in [4.69, 9.17) is 11.6 Å². The largest absolute Gasteiger partial charge is 0.336 e. The van der Waals surface area contributed by atoms with Gasteiger partial charge in [-0.2, -0.15) is 0 Å². The first-order chi connectivity index (χ1) is 20.5. The quantitative estimate of drug-likeness (QED) is 0.224. The Morgan fingerprint density at radius 1 is 1.12 bits per heavy atom. The number of imidazole rings is 1. The number of aryl methyl sites for hydroxylation is 1. The van der Waals surface area contributed by atoms with Crippen molar-refractivity contribution < 1.29 is 17.6 Å². The number of aromatic amines is 1. The number of nitrogens with one attached hydrogen (secondary N) is 2. The van der Waals surface area contributed by atoms with Crippen LogP contribution in [-0.2, 0) is 29.3 Å². The van der Waals surface area contributed by atoms with Crippen LogP contribution in [0.5, 0.6) is 0 Å². The Morgan fingerprint density at radius 2 is 1.84 bits per heavy atom. The lowest BCUT2D eigenvalue weighted by atomic mass is 10.1. The van der Waals surface area contributed by atoms with E-state index in [-0.39, 0.29) is 38.1 Å². The van der Waals surface area contributed by atoms with Crippen molar-refractivity contribution in [3.05, 3.63) is 107 Å². The Balaban J connectivity index is 1.40. The first-order valence-corrected chi connectivity index (χ1v) is 16.5. The zero-order valence-corrected chi connectivity index (χ0v) is 25.6. The van der Waals surface area contributed by atoms with Crippen molar-refractivity contribution in [3.63, 3.8) is 0 Å². The third-order valence-corrected chi connectivity index (χ3v) is 9.69. The number of nitrogens with zero attached hydrogens (tertiary/aromatic N) is 3. The fraction of sp³-hybridized carbons (Fsp3) is 0.241. The van der Waals surface area contributed by atoms with Crippen LogP contribution in [0.15, 0.2) is 68.4 Å². The van der Waals surface area contributed by atoms with Gasteiger partial charge in [-0.15, -0.1) is 11.3 Å². The third kappa shape index (κ3) is 6.33. The molecule has 0 saturated carbocycles. The van der Waals surface area contributed by atoms with Gasteiger partial charge in [-0.1, -0.05) is 55.3 Å². The molecule has 10 nitrogen and oxygen atoms in total. The van der Waals surface area contributed by atoms with E-state index in [0.717, 1.165) is 34.1 Å². The minimum absolute atomic E-state index is 0.0863. The van der Waals surface area contributed by atoms with E-state index >= 15 is 0 Å². The maximum absolute atomic E-state index is 14.4. The summed E-state index contributed by atoms with van der Waals surface area (Å²) in [7, 11) is -3.56. The molecular weight excluding hydrogens is 617 g/mol. The Bertz CT molecular complexity index is 2060. The van der Waals surface area contributed by atoms with Crippen molar-refractivity contribution in [2.24, 2.45) is 0 Å². The van der Waals surface area contributed by atoms with Gasteiger partial charge < -0.3 is 10.3 Å². The lowest BCUT2D eigenvalue weighted by Gasteiger charge is -2.11. The summed E-state index contributed by atoms with van der Waals surface area (Å²) in [6, 6.07) is 12.9. The number of benzene rings is 2. The summed E-state index contributed by atoms with van der Waals surface area (Å²) in [6.07, 6.45) is 2.83. The number of sulfone groups is 1. The van der Waals surface area contributed by atoms with Crippen LogP contribution in [0.4, 0.5) is 10.1 Å². The molecule has 0 saturated heterocycles. The fourth-order valence-corrected chi connectivity index (χ4v) is 7.38. The Hall–Kier alpha value is -4.07. The molecule has 0 atom stereocenters. The molecule has 0 aliphatic heterocycles. The molecular formula is C29H27ClFN5O5S2. The van der Waals surface area contributed by atoms with Gasteiger partial charge in [0.25, 0.3) is 11.5 Å². The van der Waals surface area contributed by atoms with Gasteiger partial charge >= 0.3 is 5.69 Å². The molecule has 224 valence electrons. The van der Waals surface area contributed by atoms with Crippen LogP contribution in [0.1, 0.15) is 46.4 Å². The Labute approximate surface area is 254 Å². The summed E-state index contributed by atoms with van der Waals surface area (Å²) >= 11 is 7.08. The molecule has 2 aromatic carbocycles. The summed E-state index contributed by atoms with van der Waals surface area (Å²) in [5, 5.41) is 3.93. The first-order valence-electron chi connectivity index (χ1n) is 13.3. The smallest absolute Gasteiger partial charge is 0.333 e. The number of fused-ring (bicyclic) bond motifs is 1. The highest BCUT2D eigenvalue weighted by molar-refractivity contribution is 7.91. The number of carbonyl (C=O) groups is 1. The highest BCUT2D eigenvalue weighted by Crippen LogP contribution is 2.32. The highest BCUT2D eigenvalue weighted by atomic mass is 35.5. The predicted octanol–water partition coefficient (Wildman–Crippen LogP) is 4.84. The minimum Gasteiger partial charge on any atom is -0.336 e. The second-order valence-electron chi connectivity index (χ2n) is 10.00. The summed E-state index contributed by atoms with van der Waals surface area (Å²) in [5.74, 6) is -0.585. The van der Waals surface area contributed by atoms with Crippen molar-refractivity contribution in [3.8, 4) is 0 Å². The van der Waals surface area contributed by atoms with Crippen LogP contribution in [0.2, 0.25) is 5.02 Å². The van der Waals surface area contributed by atoms with Crippen LogP contribution in [0.25, 0.3) is 11.2 Å². The second kappa shape index (κ2) is 12.3. The standard InChI is InChI=1S/C29H27ClFN5O5S2/c1-3-4-13-35-26-24(28(38)36(29(35)39)15-18-7-5-6-8-20(18)31)33-22(34-26)14-17-9-11-19(12-10-17)32-27(37)25-23(30)21(16-42-25)43(2,40)41/h5-12,16H,3-4,13-15H2,1-2H3,(H,32,37)(H,33,34). The van der Waals surface area contributed by atoms with Gasteiger partial charge in [-0.25, -0.2) is 22.6 Å². The maximum atomic E-state index is 14.4. The lowest BCUT2D eigenvalue weighted by molar-refractivity contribution is 0.103. The molecule has 1 amide bonds. The van der Waals surface area contributed by atoms with Crippen molar-refractivity contribution in [2.45, 2.75) is 44.2 Å². The molecule has 43 heavy (non-hydrogen) atoms. The van der Waals surface area contributed by atoms with E-state index in [9.17, 15) is 27.2 Å². The van der Waals surface area contributed by atoms with Gasteiger partial charge in [0.1, 0.15) is 22.0 Å². The van der Waals surface area contributed by atoms with Gasteiger partial charge in [-0.05, 0) is 30.2 Å². The highest BCUT2D eigenvalue weighted by Gasteiger charge is 2.22. The van der Waals surface area contributed by atoms with Crippen LogP contribution < -0.4 is 16.6 Å². The SMILES string of the molecule is CCCCn1c(=O)n(Cc2ccccc2F)c(=O)c2[nH]c(Cc3ccc(NC(=O)c4scc(S(C)(=O)=O)c4Cl)cc3)nc21. The summed E-state index contributed by atoms with van der Waals surface area (Å²) in [5.41, 5.74) is 0.765. The number of anilines is 1. The average molecular weight is 644 g/mol. The number of carbonyl (C=O) groups excluding carboxylic acids is 1. The number of amides is 1. The first kappa shape index (κ1) is 30.4. The van der Waals surface area contributed by atoms with E-state index in [1.807, 2.05) is 6.92 Å². The summed E-state index contributed by atoms with van der Waals surface area (Å²) < 4.78 is 40.5. The molecule has 3 aromatic heterocycles. The zero-order valence-electron chi connectivity index (χ0n) is 23.2. The number of hydrogen-bond donors (Lipinski definition) is 2. The molecule has 0 spiro atoms. The summed E-state index contributed by atoms with van der Waals surface area (Å²) in [6.45, 7) is 2.13. The van der Waals surface area contributed by atoms with E-state index in [1.54, 1.807) is 36.4 Å². The molecule has 0 aliphatic carbocycles. The molecule has 5 rings (SSSR count). The van der Waals surface area contributed by atoms with E-state index in [2.05, 4.69) is 15.3 Å². The number of halogens is 2. The molecule has 0 unspecified atom stereocenters. The van der Waals surface area contributed by atoms with Crippen molar-refractivity contribution in [1.29, 1.82) is 0 Å². The number of rotatable bonds is 10. The number of thiophene rings is 1. The van der Waals surface area contributed by atoms with Crippen LogP contribution in [0, 0.1) is 5.82 Å². The molecule has 0 aliphatic rings. The molecule has 0 radical (unpaired) electrons. The van der Waals surface area contributed by atoms with E-state index in [1.165, 1.54) is 22.1 Å². The lowest BCUT2D eigenvalue weighted by Crippen LogP contribution is -2.40. The monoisotopic (exact) mass is 643 g/mol. The second-order valence-corrected chi connectivity index (χ2v) is 13.2. The molecule has 0 fully saturated rings. The normalized spacial score (nSPS) is 11.7. The fourth-order valence-electron chi connectivity index (χ4n) is 4.57. The van der Waals surface area contributed by atoms with Crippen LogP contribution in [0.3, 0.4) is 0 Å². The molecule has 3 heterocycles. The van der Waals surface area contributed by atoms with E-state index < -0.39 is 32.8 Å². The van der Waals surface area contributed by atoms with Gasteiger partial charge in [0.2, 0.25) is 0 Å². The number of unbranched alkanes of at least 4 members (excludes halogenated alkanes) is 1. The Kier molecular flexibility index (Phi) is 8.67. The topological polar surface area (TPSA) is 136 Å². The summed E-state index contributed by atoms with van der Waals surface area (Å²) in [4.78, 5) is 47.1. The van der Waals surface area contributed by atoms with Gasteiger partial charge in [0, 0.05) is 35.9 Å².